The van der Waals surface area contributed by atoms with Gasteiger partial charge >= 0.3 is 0 Å². The van der Waals surface area contributed by atoms with E-state index in [-0.39, 0.29) is 23.4 Å². The molecule has 21 heavy (non-hydrogen) atoms. The summed E-state index contributed by atoms with van der Waals surface area (Å²) in [7, 11) is 0. The zero-order chi connectivity index (χ0) is 15.0. The quantitative estimate of drug-likeness (QED) is 0.619. The number of nitrogens with zero attached hydrogens (tertiary/aromatic N) is 3. The van der Waals surface area contributed by atoms with E-state index >= 15 is 0 Å². The molecule has 1 aromatic carbocycles. The third kappa shape index (κ3) is 2.35. The monoisotopic (exact) mass is 289 g/mol. The molecule has 1 heterocycles. The number of rotatable bonds is 1. The van der Waals surface area contributed by atoms with Crippen LogP contribution in [0.15, 0.2) is 28.2 Å². The fourth-order valence-corrected chi connectivity index (χ4v) is 3.20. The SMILES string of the molecule is NC1=NC2(CCCCC2)N(c2cc(O)cc(O)c2)C(N)=N1. The summed E-state index contributed by atoms with van der Waals surface area (Å²) in [5.74, 6) is 0.335. The number of phenols is 2. The summed E-state index contributed by atoms with van der Waals surface area (Å²) >= 11 is 0. The second kappa shape index (κ2) is 4.83. The Morgan fingerprint density at radius 1 is 1.00 bits per heavy atom. The van der Waals surface area contributed by atoms with Crippen LogP contribution in [0.4, 0.5) is 5.69 Å². The molecule has 1 aliphatic carbocycles. The van der Waals surface area contributed by atoms with Gasteiger partial charge in [-0.1, -0.05) is 6.42 Å². The first kappa shape index (κ1) is 13.5. The lowest BCUT2D eigenvalue weighted by molar-refractivity contribution is 0.305. The molecule has 0 aromatic heterocycles. The van der Waals surface area contributed by atoms with Crippen molar-refractivity contribution < 1.29 is 10.2 Å². The minimum absolute atomic E-state index is 0.0358. The Bertz CT molecular complexity index is 600. The van der Waals surface area contributed by atoms with E-state index in [2.05, 4.69) is 9.98 Å². The van der Waals surface area contributed by atoms with Crippen molar-refractivity contribution >= 4 is 17.6 Å². The molecular weight excluding hydrogens is 270 g/mol. The van der Waals surface area contributed by atoms with Crippen molar-refractivity contribution in [2.24, 2.45) is 21.5 Å². The fraction of sp³-hybridized carbons (Fsp3) is 0.429. The molecule has 0 radical (unpaired) electrons. The number of hydrogen-bond acceptors (Lipinski definition) is 7. The third-order valence-electron chi connectivity index (χ3n) is 4.00. The van der Waals surface area contributed by atoms with E-state index in [9.17, 15) is 10.2 Å². The molecule has 6 N–H and O–H groups in total. The van der Waals surface area contributed by atoms with E-state index in [0.29, 0.717) is 5.69 Å². The summed E-state index contributed by atoms with van der Waals surface area (Å²) in [5.41, 5.74) is 11.8. The van der Waals surface area contributed by atoms with Crippen molar-refractivity contribution in [3.8, 4) is 11.5 Å². The standard InChI is InChI=1S/C14H19N5O2/c15-12-17-13(16)19(9-6-10(20)8-11(21)7-9)14(18-12)4-2-1-3-5-14/h6-8,20-21H,1-5H2,(H4,15,16,17,18). The number of guanidine groups is 2. The number of nitrogens with two attached hydrogens (primary N) is 2. The van der Waals surface area contributed by atoms with Crippen LogP contribution < -0.4 is 16.4 Å². The molecule has 0 atom stereocenters. The number of hydrogen-bond donors (Lipinski definition) is 4. The molecule has 0 unspecified atom stereocenters. The molecule has 0 amide bonds. The summed E-state index contributed by atoms with van der Waals surface area (Å²) in [4.78, 5) is 10.3. The highest BCUT2D eigenvalue weighted by Crippen LogP contribution is 2.41. The Balaban J connectivity index is 2.10. The van der Waals surface area contributed by atoms with Crippen LogP contribution in [0.5, 0.6) is 11.5 Å². The predicted molar refractivity (Wildman–Crippen MR) is 81.3 cm³/mol. The van der Waals surface area contributed by atoms with Crippen LogP contribution in [0.3, 0.4) is 0 Å². The molecule has 3 rings (SSSR count). The van der Waals surface area contributed by atoms with Gasteiger partial charge in [-0.25, -0.2) is 4.99 Å². The van der Waals surface area contributed by atoms with Crippen molar-refractivity contribution in [1.82, 2.24) is 0 Å². The van der Waals surface area contributed by atoms with Gasteiger partial charge in [-0.3, -0.25) is 4.90 Å². The van der Waals surface area contributed by atoms with Gasteiger partial charge in [-0.2, -0.15) is 4.99 Å². The molecule has 1 spiro atoms. The second-order valence-corrected chi connectivity index (χ2v) is 5.53. The average Bonchev–Trinajstić information content (AvgIpc) is 2.37. The first-order chi connectivity index (χ1) is 10.00. The average molecular weight is 289 g/mol. The largest absolute Gasteiger partial charge is 0.508 e. The minimum atomic E-state index is -0.575. The normalized spacial score (nSPS) is 21.0. The molecule has 2 aliphatic rings. The predicted octanol–water partition coefficient (Wildman–Crippen LogP) is 1.21. The molecule has 1 aliphatic heterocycles. The number of benzene rings is 1. The van der Waals surface area contributed by atoms with E-state index < -0.39 is 5.66 Å². The molecule has 0 bridgehead atoms. The van der Waals surface area contributed by atoms with Gasteiger partial charge < -0.3 is 21.7 Å². The minimum Gasteiger partial charge on any atom is -0.508 e. The van der Waals surface area contributed by atoms with Gasteiger partial charge in [0.25, 0.3) is 0 Å². The molecule has 7 nitrogen and oxygen atoms in total. The van der Waals surface area contributed by atoms with Crippen molar-refractivity contribution in [2.45, 2.75) is 37.8 Å². The van der Waals surface area contributed by atoms with Crippen LogP contribution in [0.25, 0.3) is 0 Å². The van der Waals surface area contributed by atoms with E-state index in [1.807, 2.05) is 0 Å². The van der Waals surface area contributed by atoms with Crippen LogP contribution in [0, 0.1) is 0 Å². The van der Waals surface area contributed by atoms with E-state index in [1.54, 1.807) is 4.90 Å². The number of aromatic hydroxyl groups is 2. The molecule has 1 saturated carbocycles. The van der Waals surface area contributed by atoms with Gasteiger partial charge in [0.05, 0.1) is 5.69 Å². The van der Waals surface area contributed by atoms with E-state index in [1.165, 1.54) is 18.2 Å². The molecule has 0 saturated heterocycles. The van der Waals surface area contributed by atoms with Crippen LogP contribution in [-0.4, -0.2) is 27.8 Å². The number of phenolic OH excluding ortho intramolecular Hbond substituents is 2. The maximum absolute atomic E-state index is 9.72. The van der Waals surface area contributed by atoms with Crippen LogP contribution in [0.2, 0.25) is 0 Å². The van der Waals surface area contributed by atoms with Crippen LogP contribution in [0.1, 0.15) is 32.1 Å². The van der Waals surface area contributed by atoms with Crippen LogP contribution in [-0.2, 0) is 0 Å². The molecule has 112 valence electrons. The lowest BCUT2D eigenvalue weighted by Crippen LogP contribution is -2.58. The Hall–Kier alpha value is -2.44. The zero-order valence-electron chi connectivity index (χ0n) is 11.7. The highest BCUT2D eigenvalue weighted by atomic mass is 16.3. The van der Waals surface area contributed by atoms with Gasteiger partial charge in [0.1, 0.15) is 17.2 Å². The maximum atomic E-state index is 9.72. The van der Waals surface area contributed by atoms with Crippen molar-refractivity contribution in [1.29, 1.82) is 0 Å². The Labute approximate surface area is 122 Å². The van der Waals surface area contributed by atoms with Crippen LogP contribution >= 0.6 is 0 Å². The first-order valence-electron chi connectivity index (χ1n) is 7.03. The Morgan fingerprint density at radius 2 is 1.62 bits per heavy atom. The van der Waals surface area contributed by atoms with Crippen molar-refractivity contribution in [2.75, 3.05) is 4.90 Å². The van der Waals surface area contributed by atoms with Gasteiger partial charge in [0.15, 0.2) is 0 Å². The van der Waals surface area contributed by atoms with Gasteiger partial charge in [0.2, 0.25) is 11.9 Å². The number of aliphatic imine (C=N–C) groups is 2. The highest BCUT2D eigenvalue weighted by molar-refractivity contribution is 6.05. The zero-order valence-corrected chi connectivity index (χ0v) is 11.7. The Morgan fingerprint density at radius 3 is 2.24 bits per heavy atom. The molecule has 1 aromatic rings. The first-order valence-corrected chi connectivity index (χ1v) is 7.03. The maximum Gasteiger partial charge on any atom is 0.220 e. The lowest BCUT2D eigenvalue weighted by Gasteiger charge is -2.45. The van der Waals surface area contributed by atoms with Gasteiger partial charge in [0, 0.05) is 18.2 Å². The van der Waals surface area contributed by atoms with Gasteiger partial charge in [-0.15, -0.1) is 0 Å². The topological polar surface area (TPSA) is 120 Å². The summed E-state index contributed by atoms with van der Waals surface area (Å²) in [5, 5.41) is 19.4. The number of anilines is 1. The van der Waals surface area contributed by atoms with Crippen molar-refractivity contribution in [3.05, 3.63) is 18.2 Å². The fourth-order valence-electron chi connectivity index (χ4n) is 3.20. The summed E-state index contributed by atoms with van der Waals surface area (Å²) < 4.78 is 0. The molecule has 1 fully saturated rings. The van der Waals surface area contributed by atoms with E-state index in [4.69, 9.17) is 11.5 Å². The second-order valence-electron chi connectivity index (χ2n) is 5.53. The molecule has 7 heteroatoms. The highest BCUT2D eigenvalue weighted by Gasteiger charge is 2.42. The summed E-state index contributed by atoms with van der Waals surface area (Å²) in [6.07, 6.45) is 4.80. The smallest absolute Gasteiger partial charge is 0.220 e. The third-order valence-corrected chi connectivity index (χ3v) is 4.00. The molecular formula is C14H19N5O2. The lowest BCUT2D eigenvalue weighted by atomic mass is 9.87. The van der Waals surface area contributed by atoms with Gasteiger partial charge in [-0.05, 0) is 25.7 Å². The Kier molecular flexibility index (Phi) is 3.12. The van der Waals surface area contributed by atoms with Crippen molar-refractivity contribution in [3.63, 3.8) is 0 Å². The van der Waals surface area contributed by atoms with E-state index in [0.717, 1.165) is 32.1 Å². The summed E-state index contributed by atoms with van der Waals surface area (Å²) in [6.45, 7) is 0. The summed E-state index contributed by atoms with van der Waals surface area (Å²) in [6, 6.07) is 4.34.